The molecule has 1 saturated carbocycles. The Kier molecular flexibility index (Phi) is 7.13. The second-order valence-electron chi connectivity index (χ2n) is 6.83. The summed E-state index contributed by atoms with van der Waals surface area (Å²) in [7, 11) is 0. The number of carbonyl (C=O) groups is 1. The standard InChI is InChI=1S/C19H31NO3/c1-3-16(20-23-4-2)19-17(21)12-15(13-18(19)22)14-10-8-6-5-7-9-11-14/h14-15,21H,3-13H2,1-2H3/b20-16-. The lowest BCUT2D eigenvalue weighted by molar-refractivity contribution is -0.117. The van der Waals surface area contributed by atoms with Crippen molar-refractivity contribution in [1.82, 2.24) is 0 Å². The molecule has 23 heavy (non-hydrogen) atoms. The molecule has 0 aromatic carbocycles. The summed E-state index contributed by atoms with van der Waals surface area (Å²) in [5.41, 5.74) is 1.01. The van der Waals surface area contributed by atoms with E-state index in [0.717, 1.165) is 0 Å². The van der Waals surface area contributed by atoms with Crippen LogP contribution < -0.4 is 0 Å². The first-order valence-electron chi connectivity index (χ1n) is 9.31. The van der Waals surface area contributed by atoms with E-state index in [2.05, 4.69) is 5.16 Å². The molecule has 130 valence electrons. The van der Waals surface area contributed by atoms with Gasteiger partial charge in [-0.2, -0.15) is 0 Å². The van der Waals surface area contributed by atoms with Crippen LogP contribution >= 0.6 is 0 Å². The molecule has 0 radical (unpaired) electrons. The summed E-state index contributed by atoms with van der Waals surface area (Å²) in [6.45, 7) is 4.26. The molecule has 1 unspecified atom stereocenters. The Labute approximate surface area is 140 Å². The largest absolute Gasteiger partial charge is 0.511 e. The Morgan fingerprint density at radius 2 is 1.74 bits per heavy atom. The number of aliphatic hydroxyl groups excluding tert-OH is 1. The van der Waals surface area contributed by atoms with Crippen molar-refractivity contribution in [1.29, 1.82) is 0 Å². The summed E-state index contributed by atoms with van der Waals surface area (Å²) < 4.78 is 0. The number of hydrogen-bond donors (Lipinski definition) is 1. The van der Waals surface area contributed by atoms with E-state index in [1.54, 1.807) is 0 Å². The second kappa shape index (κ2) is 9.09. The number of oxime groups is 1. The number of hydrogen-bond acceptors (Lipinski definition) is 4. The van der Waals surface area contributed by atoms with Crippen molar-refractivity contribution in [3.8, 4) is 0 Å². The number of aliphatic hydroxyl groups is 1. The third kappa shape index (κ3) is 4.82. The van der Waals surface area contributed by atoms with Gasteiger partial charge in [0.2, 0.25) is 0 Å². The second-order valence-corrected chi connectivity index (χ2v) is 6.83. The van der Waals surface area contributed by atoms with Gasteiger partial charge >= 0.3 is 0 Å². The predicted molar refractivity (Wildman–Crippen MR) is 92.5 cm³/mol. The highest BCUT2D eigenvalue weighted by molar-refractivity contribution is 6.22. The molecule has 0 aromatic heterocycles. The lowest BCUT2D eigenvalue weighted by atomic mass is 9.73. The molecule has 0 aromatic rings. The summed E-state index contributed by atoms with van der Waals surface area (Å²) in [5.74, 6) is 1.15. The van der Waals surface area contributed by atoms with E-state index in [4.69, 9.17) is 4.84 Å². The van der Waals surface area contributed by atoms with Gasteiger partial charge in [-0.05, 0) is 25.2 Å². The van der Waals surface area contributed by atoms with Gasteiger partial charge in [-0.25, -0.2) is 0 Å². The average Bonchev–Trinajstić information content (AvgIpc) is 2.49. The zero-order chi connectivity index (χ0) is 16.7. The number of ketones is 1. The number of carbonyl (C=O) groups excluding carboxylic acids is 1. The van der Waals surface area contributed by atoms with Gasteiger partial charge in [-0.15, -0.1) is 0 Å². The van der Waals surface area contributed by atoms with Gasteiger partial charge < -0.3 is 9.94 Å². The SMILES string of the molecule is CCO/N=C(/CC)C1=C(O)CC(C2CCCCCCC2)CC1=O. The monoisotopic (exact) mass is 321 g/mol. The van der Waals surface area contributed by atoms with E-state index in [0.29, 0.717) is 49.0 Å². The lowest BCUT2D eigenvalue weighted by Crippen LogP contribution is -2.29. The van der Waals surface area contributed by atoms with Crippen molar-refractivity contribution < 1.29 is 14.7 Å². The smallest absolute Gasteiger partial charge is 0.168 e. The van der Waals surface area contributed by atoms with Gasteiger partial charge in [0.05, 0.1) is 11.3 Å². The minimum Gasteiger partial charge on any atom is -0.511 e. The van der Waals surface area contributed by atoms with Crippen LogP contribution in [0.25, 0.3) is 0 Å². The summed E-state index contributed by atoms with van der Waals surface area (Å²) in [5, 5.41) is 14.5. The minimum absolute atomic E-state index is 0.0427. The van der Waals surface area contributed by atoms with E-state index in [1.807, 2.05) is 13.8 Å². The Morgan fingerprint density at radius 3 is 2.30 bits per heavy atom. The van der Waals surface area contributed by atoms with Gasteiger partial charge in [-0.1, -0.05) is 57.0 Å². The molecule has 1 fully saturated rings. The first-order valence-corrected chi connectivity index (χ1v) is 9.31. The maximum atomic E-state index is 12.6. The fraction of sp³-hybridized carbons (Fsp3) is 0.789. The molecule has 0 saturated heterocycles. The molecule has 0 bridgehead atoms. The Balaban J connectivity index is 2.11. The first kappa shape index (κ1) is 18.0. The molecule has 0 amide bonds. The van der Waals surface area contributed by atoms with Crippen molar-refractivity contribution in [3.63, 3.8) is 0 Å². The maximum absolute atomic E-state index is 12.6. The van der Waals surface area contributed by atoms with E-state index >= 15 is 0 Å². The summed E-state index contributed by atoms with van der Waals surface area (Å²) >= 11 is 0. The van der Waals surface area contributed by atoms with Crippen LogP contribution in [-0.4, -0.2) is 23.2 Å². The zero-order valence-electron chi connectivity index (χ0n) is 14.6. The third-order valence-corrected chi connectivity index (χ3v) is 5.21. The Hall–Kier alpha value is -1.32. The molecule has 0 spiro atoms. The van der Waals surface area contributed by atoms with Crippen LogP contribution in [0.15, 0.2) is 16.5 Å². The molecule has 2 rings (SSSR count). The van der Waals surface area contributed by atoms with Crippen molar-refractivity contribution >= 4 is 11.5 Å². The van der Waals surface area contributed by atoms with E-state index < -0.39 is 0 Å². The highest BCUT2D eigenvalue weighted by Crippen LogP contribution is 2.38. The molecular weight excluding hydrogens is 290 g/mol. The molecule has 4 nitrogen and oxygen atoms in total. The molecular formula is C19H31NO3. The van der Waals surface area contributed by atoms with Crippen molar-refractivity contribution in [2.45, 2.75) is 78.1 Å². The minimum atomic E-state index is 0.0427. The fourth-order valence-corrected chi connectivity index (χ4v) is 3.97. The van der Waals surface area contributed by atoms with E-state index in [-0.39, 0.29) is 11.5 Å². The zero-order valence-corrected chi connectivity index (χ0v) is 14.6. The Bertz CT molecular complexity index is 459. The Morgan fingerprint density at radius 1 is 1.09 bits per heavy atom. The summed E-state index contributed by atoms with van der Waals surface area (Å²) in [6.07, 6.45) is 10.7. The molecule has 4 heteroatoms. The topological polar surface area (TPSA) is 58.9 Å². The van der Waals surface area contributed by atoms with Gasteiger partial charge in [0.25, 0.3) is 0 Å². The van der Waals surface area contributed by atoms with Crippen LogP contribution in [0.4, 0.5) is 0 Å². The summed E-state index contributed by atoms with van der Waals surface area (Å²) in [4.78, 5) is 17.7. The molecule has 1 N–H and O–H groups in total. The van der Waals surface area contributed by atoms with Crippen LogP contribution in [0, 0.1) is 11.8 Å². The van der Waals surface area contributed by atoms with Crippen molar-refractivity contribution in [2.24, 2.45) is 17.0 Å². The quantitative estimate of drug-likeness (QED) is 0.576. The summed E-state index contributed by atoms with van der Waals surface area (Å²) in [6, 6.07) is 0. The normalized spacial score (nSPS) is 25.2. The predicted octanol–water partition coefficient (Wildman–Crippen LogP) is 4.94. The molecule has 0 aliphatic heterocycles. The fourth-order valence-electron chi connectivity index (χ4n) is 3.97. The van der Waals surface area contributed by atoms with Crippen LogP contribution in [0.3, 0.4) is 0 Å². The number of rotatable bonds is 5. The first-order chi connectivity index (χ1) is 11.2. The highest BCUT2D eigenvalue weighted by Gasteiger charge is 2.34. The van der Waals surface area contributed by atoms with Gasteiger partial charge in [0.15, 0.2) is 5.78 Å². The number of Topliss-reactive ketones (excluding diaryl/α,β-unsaturated/α-hetero) is 1. The third-order valence-electron chi connectivity index (χ3n) is 5.21. The molecule has 0 heterocycles. The average molecular weight is 321 g/mol. The van der Waals surface area contributed by atoms with Gasteiger partial charge in [-0.3, -0.25) is 4.79 Å². The van der Waals surface area contributed by atoms with E-state index in [9.17, 15) is 9.90 Å². The highest BCUT2D eigenvalue weighted by atomic mass is 16.6. The van der Waals surface area contributed by atoms with Crippen LogP contribution in [0.2, 0.25) is 0 Å². The molecule has 1 atom stereocenters. The van der Waals surface area contributed by atoms with Crippen LogP contribution in [0.5, 0.6) is 0 Å². The van der Waals surface area contributed by atoms with E-state index in [1.165, 1.54) is 44.9 Å². The van der Waals surface area contributed by atoms with Crippen molar-refractivity contribution in [3.05, 3.63) is 11.3 Å². The van der Waals surface area contributed by atoms with Crippen LogP contribution in [0.1, 0.15) is 78.1 Å². The number of nitrogens with zero attached hydrogens (tertiary/aromatic N) is 1. The number of allylic oxidation sites excluding steroid dienone is 2. The lowest BCUT2D eigenvalue weighted by Gasteiger charge is -2.31. The molecule has 2 aliphatic carbocycles. The molecule has 2 aliphatic rings. The van der Waals surface area contributed by atoms with Crippen LogP contribution in [-0.2, 0) is 9.63 Å². The van der Waals surface area contributed by atoms with Gasteiger partial charge in [0.1, 0.15) is 12.4 Å². The van der Waals surface area contributed by atoms with Gasteiger partial charge in [0, 0.05) is 12.8 Å². The maximum Gasteiger partial charge on any atom is 0.168 e. The van der Waals surface area contributed by atoms with Crippen molar-refractivity contribution in [2.75, 3.05) is 6.61 Å².